The minimum atomic E-state index is 0.128. The molecule has 0 unspecified atom stereocenters. The maximum absolute atomic E-state index is 10.2. The van der Waals surface area contributed by atoms with Gasteiger partial charge in [0.15, 0.2) is 0 Å². The summed E-state index contributed by atoms with van der Waals surface area (Å²) in [6, 6.07) is 6.22. The van der Waals surface area contributed by atoms with Crippen LogP contribution in [0.2, 0.25) is 0 Å². The number of phenols is 1. The second-order valence-electron chi connectivity index (χ2n) is 8.80. The van der Waals surface area contributed by atoms with E-state index in [0.29, 0.717) is 11.2 Å². The van der Waals surface area contributed by atoms with Gasteiger partial charge in [-0.1, -0.05) is 53.2 Å². The summed E-state index contributed by atoms with van der Waals surface area (Å²) >= 11 is 0. The van der Waals surface area contributed by atoms with E-state index in [2.05, 4.69) is 51.7 Å². The van der Waals surface area contributed by atoms with E-state index in [1.54, 1.807) is 0 Å². The molecule has 0 saturated carbocycles. The number of piperidine rings is 1. The van der Waals surface area contributed by atoms with Crippen LogP contribution in [0.25, 0.3) is 0 Å². The van der Waals surface area contributed by atoms with Crippen molar-refractivity contribution in [1.82, 2.24) is 4.90 Å². The normalized spacial score (nSPS) is 17.7. The Morgan fingerprint density at radius 1 is 1.00 bits per heavy atom. The zero-order valence-electron chi connectivity index (χ0n) is 15.1. The first-order valence-corrected chi connectivity index (χ1v) is 8.72. The van der Waals surface area contributed by atoms with Crippen molar-refractivity contribution in [2.75, 3.05) is 13.1 Å². The Balaban J connectivity index is 2.18. The Hall–Kier alpha value is -1.02. The van der Waals surface area contributed by atoms with Crippen molar-refractivity contribution >= 4 is 0 Å². The van der Waals surface area contributed by atoms with Gasteiger partial charge in [0.05, 0.1) is 0 Å². The number of benzene rings is 1. The van der Waals surface area contributed by atoms with E-state index in [1.165, 1.54) is 24.8 Å². The van der Waals surface area contributed by atoms with E-state index >= 15 is 0 Å². The van der Waals surface area contributed by atoms with Gasteiger partial charge in [-0.3, -0.25) is 4.90 Å². The molecule has 1 saturated heterocycles. The van der Waals surface area contributed by atoms with Gasteiger partial charge in [-0.25, -0.2) is 0 Å². The topological polar surface area (TPSA) is 23.5 Å². The number of hydrogen-bond acceptors (Lipinski definition) is 2. The molecule has 2 rings (SSSR count). The Bertz CT molecular complexity index is 493. The molecule has 2 nitrogen and oxygen atoms in total. The van der Waals surface area contributed by atoms with E-state index in [0.717, 1.165) is 31.6 Å². The quantitative estimate of drug-likeness (QED) is 0.837. The highest BCUT2D eigenvalue weighted by atomic mass is 16.3. The fourth-order valence-corrected chi connectivity index (χ4v) is 3.92. The van der Waals surface area contributed by atoms with Crippen molar-refractivity contribution in [2.45, 2.75) is 72.3 Å². The minimum absolute atomic E-state index is 0.128. The van der Waals surface area contributed by atoms with Crippen LogP contribution >= 0.6 is 0 Å². The summed E-state index contributed by atoms with van der Waals surface area (Å²) in [7, 11) is 0. The zero-order chi connectivity index (χ0) is 16.4. The van der Waals surface area contributed by atoms with Crippen LogP contribution in [-0.2, 0) is 12.0 Å². The monoisotopic (exact) mass is 303 g/mol. The van der Waals surface area contributed by atoms with Crippen molar-refractivity contribution in [2.24, 2.45) is 5.41 Å². The van der Waals surface area contributed by atoms with Crippen LogP contribution in [0.3, 0.4) is 0 Å². The van der Waals surface area contributed by atoms with E-state index in [-0.39, 0.29) is 5.41 Å². The van der Waals surface area contributed by atoms with Crippen LogP contribution in [-0.4, -0.2) is 23.1 Å². The van der Waals surface area contributed by atoms with Crippen molar-refractivity contribution in [3.8, 4) is 5.75 Å². The first-order valence-electron chi connectivity index (χ1n) is 8.72. The average Bonchev–Trinajstić information content (AvgIpc) is 2.39. The summed E-state index contributed by atoms with van der Waals surface area (Å²) < 4.78 is 0. The molecule has 1 fully saturated rings. The Labute approximate surface area is 136 Å². The summed E-state index contributed by atoms with van der Waals surface area (Å²) in [6.07, 6.45) is 5.06. The van der Waals surface area contributed by atoms with Gasteiger partial charge in [0.25, 0.3) is 0 Å². The lowest BCUT2D eigenvalue weighted by Gasteiger charge is -2.34. The Kier molecular flexibility index (Phi) is 5.21. The lowest BCUT2D eigenvalue weighted by molar-refractivity contribution is 0.218. The summed E-state index contributed by atoms with van der Waals surface area (Å²) in [5.41, 5.74) is 2.85. The molecule has 0 amide bonds. The molecule has 2 heteroatoms. The molecule has 0 aliphatic carbocycles. The van der Waals surface area contributed by atoms with Crippen LogP contribution in [0.4, 0.5) is 0 Å². The van der Waals surface area contributed by atoms with Gasteiger partial charge in [-0.15, -0.1) is 0 Å². The molecule has 0 aromatic heterocycles. The molecule has 0 atom stereocenters. The molecule has 0 bridgehead atoms. The standard InChI is InChI=1S/C20H33NO/c1-19(2,3)15-20(4,5)17-9-10-18(22)16(13-17)14-21-11-7-6-8-12-21/h9-10,13,22H,6-8,11-12,14-15H2,1-5H3. The smallest absolute Gasteiger partial charge is 0.120 e. The van der Waals surface area contributed by atoms with E-state index in [1.807, 2.05) is 6.07 Å². The van der Waals surface area contributed by atoms with E-state index < -0.39 is 0 Å². The fourth-order valence-electron chi connectivity index (χ4n) is 3.92. The van der Waals surface area contributed by atoms with E-state index in [9.17, 15) is 5.11 Å². The Morgan fingerprint density at radius 3 is 2.23 bits per heavy atom. The van der Waals surface area contributed by atoms with Gasteiger partial charge in [-0.2, -0.15) is 0 Å². The van der Waals surface area contributed by atoms with Gasteiger partial charge in [0.2, 0.25) is 0 Å². The largest absolute Gasteiger partial charge is 0.508 e. The highest BCUT2D eigenvalue weighted by Gasteiger charge is 2.28. The van der Waals surface area contributed by atoms with Gasteiger partial charge in [-0.05, 0) is 54.8 Å². The molecule has 1 aliphatic rings. The summed E-state index contributed by atoms with van der Waals surface area (Å²) in [5.74, 6) is 0.445. The van der Waals surface area contributed by atoms with E-state index in [4.69, 9.17) is 0 Å². The lowest BCUT2D eigenvalue weighted by atomic mass is 9.72. The number of rotatable bonds is 4. The molecule has 1 N–H and O–H groups in total. The second kappa shape index (κ2) is 6.62. The minimum Gasteiger partial charge on any atom is -0.508 e. The number of phenolic OH excluding ortho intramolecular Hbond substituents is 1. The van der Waals surface area contributed by atoms with Gasteiger partial charge in [0, 0.05) is 12.1 Å². The fraction of sp³-hybridized carbons (Fsp3) is 0.700. The third-order valence-electron chi connectivity index (χ3n) is 4.68. The first-order chi connectivity index (χ1) is 10.2. The van der Waals surface area contributed by atoms with Crippen LogP contribution in [0.5, 0.6) is 5.75 Å². The third-order valence-corrected chi connectivity index (χ3v) is 4.68. The van der Waals surface area contributed by atoms with Gasteiger partial charge in [0.1, 0.15) is 5.75 Å². The van der Waals surface area contributed by atoms with Gasteiger partial charge >= 0.3 is 0 Å². The first kappa shape index (κ1) is 17.3. The van der Waals surface area contributed by atoms with Crippen molar-refractivity contribution < 1.29 is 5.11 Å². The lowest BCUT2D eigenvalue weighted by Crippen LogP contribution is -2.29. The molecule has 0 radical (unpaired) electrons. The number of aromatic hydroxyl groups is 1. The maximum atomic E-state index is 10.2. The van der Waals surface area contributed by atoms with Crippen LogP contribution in [0.15, 0.2) is 18.2 Å². The second-order valence-corrected chi connectivity index (χ2v) is 8.80. The highest BCUT2D eigenvalue weighted by molar-refractivity contribution is 5.39. The van der Waals surface area contributed by atoms with Crippen LogP contribution in [0.1, 0.15) is 71.4 Å². The molecule has 1 aromatic rings. The predicted octanol–water partition coefficient (Wildman–Crippen LogP) is 5.09. The molecule has 0 spiro atoms. The number of hydrogen-bond donors (Lipinski definition) is 1. The highest BCUT2D eigenvalue weighted by Crippen LogP contribution is 2.37. The third kappa shape index (κ3) is 4.74. The van der Waals surface area contributed by atoms with Crippen LogP contribution in [0, 0.1) is 5.41 Å². The summed E-state index contributed by atoms with van der Waals surface area (Å²) in [4.78, 5) is 2.47. The molecule has 1 aromatic carbocycles. The van der Waals surface area contributed by atoms with Crippen molar-refractivity contribution in [1.29, 1.82) is 0 Å². The maximum Gasteiger partial charge on any atom is 0.120 e. The molecule has 124 valence electrons. The van der Waals surface area contributed by atoms with Crippen molar-refractivity contribution in [3.63, 3.8) is 0 Å². The summed E-state index contributed by atoms with van der Waals surface area (Å²) in [6.45, 7) is 14.7. The molecular weight excluding hydrogens is 270 g/mol. The number of nitrogens with zero attached hydrogens (tertiary/aromatic N) is 1. The zero-order valence-corrected chi connectivity index (χ0v) is 15.1. The average molecular weight is 303 g/mol. The molecule has 1 aliphatic heterocycles. The van der Waals surface area contributed by atoms with Crippen molar-refractivity contribution in [3.05, 3.63) is 29.3 Å². The Morgan fingerprint density at radius 2 is 1.64 bits per heavy atom. The van der Waals surface area contributed by atoms with Gasteiger partial charge < -0.3 is 5.11 Å². The SMILES string of the molecule is CC(C)(C)CC(C)(C)c1ccc(O)c(CN2CCCCC2)c1. The van der Waals surface area contributed by atoms with Crippen LogP contribution < -0.4 is 0 Å². The number of likely N-dealkylation sites (tertiary alicyclic amines) is 1. The molecule has 1 heterocycles. The molecular formula is C20H33NO. The molecule has 22 heavy (non-hydrogen) atoms. The predicted molar refractivity (Wildman–Crippen MR) is 94.3 cm³/mol. The summed E-state index contributed by atoms with van der Waals surface area (Å²) in [5, 5.41) is 10.2.